The number of aromatic hydroxyl groups is 1. The molecule has 0 amide bonds. The van der Waals surface area contributed by atoms with Gasteiger partial charge in [0.25, 0.3) is 0 Å². The fourth-order valence-electron chi connectivity index (χ4n) is 2.41. The van der Waals surface area contributed by atoms with E-state index in [4.69, 9.17) is 4.74 Å². The first-order valence-electron chi connectivity index (χ1n) is 6.64. The van der Waals surface area contributed by atoms with Crippen LogP contribution >= 0.6 is 0 Å². The molecule has 0 aliphatic heterocycles. The lowest BCUT2D eigenvalue weighted by Crippen LogP contribution is -2.03. The van der Waals surface area contributed by atoms with E-state index in [9.17, 15) is 13.5 Å². The van der Waals surface area contributed by atoms with Crippen molar-refractivity contribution < 1.29 is 18.3 Å². The number of fused-ring (bicyclic) bond motifs is 1. The molecule has 0 aliphatic rings. The minimum absolute atomic E-state index is 0.0264. The van der Waals surface area contributed by atoms with E-state index < -0.39 is 9.84 Å². The lowest BCUT2D eigenvalue weighted by Gasteiger charge is -2.11. The minimum Gasteiger partial charge on any atom is -0.508 e. The van der Waals surface area contributed by atoms with Crippen molar-refractivity contribution in [3.63, 3.8) is 0 Å². The predicted octanol–water partition coefficient (Wildman–Crippen LogP) is 3.39. The van der Waals surface area contributed by atoms with E-state index in [0.29, 0.717) is 11.1 Å². The Morgan fingerprint density at radius 1 is 0.864 bits per heavy atom. The summed E-state index contributed by atoms with van der Waals surface area (Å²) in [4.78, 5) is 0.357. The van der Waals surface area contributed by atoms with E-state index in [0.717, 1.165) is 5.39 Å². The number of methoxy groups -OCH3 is 1. The van der Waals surface area contributed by atoms with Gasteiger partial charge >= 0.3 is 0 Å². The number of hydrogen-bond donors (Lipinski definition) is 1. The van der Waals surface area contributed by atoms with Crippen LogP contribution in [0.2, 0.25) is 0 Å². The van der Waals surface area contributed by atoms with Gasteiger partial charge in [0.05, 0.1) is 16.9 Å². The van der Waals surface area contributed by atoms with Gasteiger partial charge in [-0.05, 0) is 36.4 Å². The van der Waals surface area contributed by atoms with Crippen LogP contribution in [0.25, 0.3) is 10.8 Å². The standard InChI is InChI=1S/C17H14O4S/c1-21-16-10-11-17(15-5-3-2-4-14(15)16)22(19,20)13-8-6-12(18)7-9-13/h2-11,18H,1H3. The number of hydrogen-bond acceptors (Lipinski definition) is 4. The smallest absolute Gasteiger partial charge is 0.207 e. The molecule has 0 aliphatic carbocycles. The van der Waals surface area contributed by atoms with Gasteiger partial charge in [-0.3, -0.25) is 0 Å². The molecule has 112 valence electrons. The maximum Gasteiger partial charge on any atom is 0.207 e. The molecular weight excluding hydrogens is 300 g/mol. The average Bonchev–Trinajstić information content (AvgIpc) is 2.54. The fraction of sp³-hybridized carbons (Fsp3) is 0.0588. The molecule has 0 saturated heterocycles. The van der Waals surface area contributed by atoms with Crippen molar-refractivity contribution in [1.82, 2.24) is 0 Å². The second-order valence-electron chi connectivity index (χ2n) is 4.81. The predicted molar refractivity (Wildman–Crippen MR) is 84.1 cm³/mol. The van der Waals surface area contributed by atoms with Gasteiger partial charge in [-0.25, -0.2) is 8.42 Å². The minimum atomic E-state index is -3.67. The molecule has 0 unspecified atom stereocenters. The third kappa shape index (κ3) is 2.29. The third-order valence-corrected chi connectivity index (χ3v) is 5.33. The molecule has 3 aromatic carbocycles. The molecule has 0 radical (unpaired) electrons. The quantitative estimate of drug-likeness (QED) is 0.805. The van der Waals surface area contributed by atoms with Crippen molar-refractivity contribution >= 4 is 20.6 Å². The summed E-state index contributed by atoms with van der Waals surface area (Å²) in [5.74, 6) is 0.652. The van der Waals surface area contributed by atoms with Crippen molar-refractivity contribution in [3.8, 4) is 11.5 Å². The SMILES string of the molecule is COc1ccc(S(=O)(=O)c2ccc(O)cc2)c2ccccc12. The van der Waals surface area contributed by atoms with Crippen LogP contribution in [0.4, 0.5) is 0 Å². The van der Waals surface area contributed by atoms with Crippen LogP contribution in [0.15, 0.2) is 70.5 Å². The molecule has 3 rings (SSSR count). The summed E-state index contributed by atoms with van der Waals surface area (Å²) >= 11 is 0. The molecule has 5 heteroatoms. The van der Waals surface area contributed by atoms with Crippen LogP contribution in [-0.4, -0.2) is 20.6 Å². The topological polar surface area (TPSA) is 63.6 Å². The zero-order chi connectivity index (χ0) is 15.7. The van der Waals surface area contributed by atoms with E-state index in [1.807, 2.05) is 12.1 Å². The summed E-state index contributed by atoms with van der Waals surface area (Å²) < 4.78 is 31.0. The van der Waals surface area contributed by atoms with E-state index >= 15 is 0 Å². The maximum absolute atomic E-state index is 12.8. The summed E-state index contributed by atoms with van der Waals surface area (Å²) in [5.41, 5.74) is 0. The lowest BCUT2D eigenvalue weighted by atomic mass is 10.1. The summed E-state index contributed by atoms with van der Waals surface area (Å²) in [6, 6.07) is 15.9. The van der Waals surface area contributed by atoms with E-state index in [2.05, 4.69) is 0 Å². The Bertz CT molecular complexity index is 929. The van der Waals surface area contributed by atoms with Gasteiger partial charge in [0.1, 0.15) is 11.5 Å². The number of sulfone groups is 1. The third-order valence-electron chi connectivity index (χ3n) is 3.50. The molecular formula is C17H14O4S. The normalized spacial score (nSPS) is 11.5. The van der Waals surface area contributed by atoms with Crippen LogP contribution in [0.5, 0.6) is 11.5 Å². The number of benzene rings is 3. The van der Waals surface area contributed by atoms with Gasteiger partial charge in [-0.15, -0.1) is 0 Å². The van der Waals surface area contributed by atoms with E-state index in [1.54, 1.807) is 31.4 Å². The Hall–Kier alpha value is -2.53. The fourth-order valence-corrected chi connectivity index (χ4v) is 3.87. The Labute approximate surface area is 128 Å². The van der Waals surface area contributed by atoms with E-state index in [-0.39, 0.29) is 15.5 Å². The number of phenols is 1. The maximum atomic E-state index is 12.8. The first-order valence-corrected chi connectivity index (χ1v) is 8.12. The Morgan fingerprint density at radius 2 is 1.50 bits per heavy atom. The van der Waals surface area contributed by atoms with Crippen LogP contribution in [0, 0.1) is 0 Å². The van der Waals surface area contributed by atoms with Crippen molar-refractivity contribution in [3.05, 3.63) is 60.7 Å². The van der Waals surface area contributed by atoms with Gasteiger partial charge in [-0.1, -0.05) is 24.3 Å². The van der Waals surface area contributed by atoms with Crippen molar-refractivity contribution in [2.75, 3.05) is 7.11 Å². The molecule has 1 N–H and O–H groups in total. The summed E-state index contributed by atoms with van der Waals surface area (Å²) in [6.07, 6.45) is 0. The highest BCUT2D eigenvalue weighted by Crippen LogP contribution is 2.33. The zero-order valence-electron chi connectivity index (χ0n) is 11.9. The second kappa shape index (κ2) is 5.35. The van der Waals surface area contributed by atoms with E-state index in [1.165, 1.54) is 24.3 Å². The van der Waals surface area contributed by atoms with Crippen LogP contribution in [0.1, 0.15) is 0 Å². The lowest BCUT2D eigenvalue weighted by molar-refractivity contribution is 0.419. The second-order valence-corrected chi connectivity index (χ2v) is 6.73. The summed E-state index contributed by atoms with van der Waals surface area (Å²) in [6.45, 7) is 0. The Balaban J connectivity index is 2.28. The number of rotatable bonds is 3. The molecule has 0 fully saturated rings. The van der Waals surface area contributed by atoms with Crippen molar-refractivity contribution in [2.24, 2.45) is 0 Å². The highest BCUT2D eigenvalue weighted by atomic mass is 32.2. The Kier molecular flexibility index (Phi) is 3.50. The monoisotopic (exact) mass is 314 g/mol. The first-order chi connectivity index (χ1) is 10.5. The average molecular weight is 314 g/mol. The molecule has 3 aromatic rings. The van der Waals surface area contributed by atoms with Crippen LogP contribution in [0.3, 0.4) is 0 Å². The molecule has 22 heavy (non-hydrogen) atoms. The van der Waals surface area contributed by atoms with Gasteiger partial charge in [0, 0.05) is 10.8 Å². The molecule has 0 bridgehead atoms. The van der Waals surface area contributed by atoms with Gasteiger partial charge < -0.3 is 9.84 Å². The summed E-state index contributed by atoms with van der Waals surface area (Å²) in [7, 11) is -2.12. The van der Waals surface area contributed by atoms with Crippen LogP contribution < -0.4 is 4.74 Å². The number of phenolic OH excluding ortho intramolecular Hbond substituents is 1. The number of ether oxygens (including phenoxy) is 1. The van der Waals surface area contributed by atoms with Gasteiger partial charge in [-0.2, -0.15) is 0 Å². The highest BCUT2D eigenvalue weighted by Gasteiger charge is 2.21. The molecule has 0 atom stereocenters. The zero-order valence-corrected chi connectivity index (χ0v) is 12.7. The van der Waals surface area contributed by atoms with Crippen LogP contribution in [-0.2, 0) is 9.84 Å². The largest absolute Gasteiger partial charge is 0.508 e. The van der Waals surface area contributed by atoms with Gasteiger partial charge in [0.15, 0.2) is 0 Å². The molecule has 0 saturated carbocycles. The molecule has 0 aromatic heterocycles. The first kappa shape index (κ1) is 14.4. The molecule has 4 nitrogen and oxygen atoms in total. The summed E-state index contributed by atoms with van der Waals surface area (Å²) in [5, 5.41) is 10.7. The molecule has 0 spiro atoms. The van der Waals surface area contributed by atoms with Crippen molar-refractivity contribution in [2.45, 2.75) is 9.79 Å². The van der Waals surface area contributed by atoms with Crippen molar-refractivity contribution in [1.29, 1.82) is 0 Å². The molecule has 0 heterocycles. The Morgan fingerprint density at radius 3 is 2.14 bits per heavy atom. The highest BCUT2D eigenvalue weighted by molar-refractivity contribution is 7.91. The van der Waals surface area contributed by atoms with Gasteiger partial charge in [0.2, 0.25) is 9.84 Å².